The predicted molar refractivity (Wildman–Crippen MR) is 100 cm³/mol. The second kappa shape index (κ2) is 10.6. The van der Waals surface area contributed by atoms with Gasteiger partial charge in [-0.05, 0) is 17.5 Å². The Morgan fingerprint density at radius 1 is 0.917 bits per heavy atom. The summed E-state index contributed by atoms with van der Waals surface area (Å²) in [4.78, 5) is 2.44. The Hall–Kier alpha value is -2.08. The highest BCUT2D eigenvalue weighted by Crippen LogP contribution is 2.16. The molecule has 2 nitrogen and oxygen atoms in total. The van der Waals surface area contributed by atoms with Crippen LogP contribution in [-0.4, -0.2) is 22.7 Å². The largest absolute Gasteiger partial charge is 0.395 e. The first-order valence-electron chi connectivity index (χ1n) is 8.74. The van der Waals surface area contributed by atoms with Crippen LogP contribution in [0.2, 0.25) is 0 Å². The summed E-state index contributed by atoms with van der Waals surface area (Å²) in [6.07, 6.45) is 2.68. The van der Waals surface area contributed by atoms with Crippen LogP contribution in [0.15, 0.2) is 60.7 Å². The number of hydrogen-bond acceptors (Lipinski definition) is 2. The molecule has 0 aliphatic carbocycles. The molecule has 0 aliphatic heterocycles. The topological polar surface area (TPSA) is 23.5 Å². The number of aliphatic hydroxyl groups is 1. The fourth-order valence-electron chi connectivity index (χ4n) is 2.78. The van der Waals surface area contributed by atoms with E-state index in [4.69, 9.17) is 5.11 Å². The van der Waals surface area contributed by atoms with Crippen molar-refractivity contribution < 1.29 is 5.11 Å². The molecule has 2 aromatic rings. The maximum absolute atomic E-state index is 9.00. The summed E-state index contributed by atoms with van der Waals surface area (Å²) in [7, 11) is 0. The van der Waals surface area contributed by atoms with E-state index in [0.29, 0.717) is 6.42 Å². The molecule has 2 aromatic carbocycles. The maximum atomic E-state index is 9.00. The third-order valence-electron chi connectivity index (χ3n) is 3.97. The average Bonchev–Trinajstić information content (AvgIpc) is 2.62. The van der Waals surface area contributed by atoms with Crippen molar-refractivity contribution in [3.8, 4) is 11.8 Å². The van der Waals surface area contributed by atoms with Gasteiger partial charge in [0.15, 0.2) is 0 Å². The summed E-state index contributed by atoms with van der Waals surface area (Å²) in [6.45, 7) is 4.09. The second-order valence-electron chi connectivity index (χ2n) is 5.98. The molecule has 0 bridgehead atoms. The summed E-state index contributed by atoms with van der Waals surface area (Å²) in [5.74, 6) is 6.51. The minimum Gasteiger partial charge on any atom is -0.395 e. The third-order valence-corrected chi connectivity index (χ3v) is 3.97. The van der Waals surface area contributed by atoms with Gasteiger partial charge < -0.3 is 5.11 Å². The lowest BCUT2D eigenvalue weighted by Gasteiger charge is -2.28. The lowest BCUT2D eigenvalue weighted by Crippen LogP contribution is -2.33. The van der Waals surface area contributed by atoms with E-state index in [0.717, 1.165) is 25.9 Å². The van der Waals surface area contributed by atoms with Crippen molar-refractivity contribution in [2.45, 2.75) is 45.3 Å². The molecule has 2 rings (SSSR count). The van der Waals surface area contributed by atoms with Crippen molar-refractivity contribution in [1.82, 2.24) is 4.90 Å². The summed E-state index contributed by atoms with van der Waals surface area (Å²) >= 11 is 0. The molecule has 0 saturated carbocycles. The molecule has 0 amide bonds. The van der Waals surface area contributed by atoms with Crippen LogP contribution in [0.25, 0.3) is 0 Å². The zero-order valence-electron chi connectivity index (χ0n) is 14.5. The number of benzene rings is 2. The van der Waals surface area contributed by atoms with Gasteiger partial charge in [0.2, 0.25) is 0 Å². The fourth-order valence-corrected chi connectivity index (χ4v) is 2.78. The van der Waals surface area contributed by atoms with Crippen LogP contribution in [0, 0.1) is 11.8 Å². The van der Waals surface area contributed by atoms with Crippen LogP contribution in [0.4, 0.5) is 0 Å². The second-order valence-corrected chi connectivity index (χ2v) is 5.98. The summed E-state index contributed by atoms with van der Waals surface area (Å²) in [6, 6.07) is 21.3. The quantitative estimate of drug-likeness (QED) is 0.735. The number of aliphatic hydroxyl groups excluding tert-OH is 1. The molecule has 0 spiro atoms. The van der Waals surface area contributed by atoms with E-state index in [9.17, 15) is 0 Å². The highest BCUT2D eigenvalue weighted by molar-refractivity contribution is 5.19. The maximum Gasteiger partial charge on any atom is 0.0720 e. The highest BCUT2D eigenvalue weighted by atomic mass is 16.2. The van der Waals surface area contributed by atoms with E-state index in [1.165, 1.54) is 11.1 Å². The van der Waals surface area contributed by atoms with Crippen molar-refractivity contribution in [2.24, 2.45) is 0 Å². The Kier molecular flexibility index (Phi) is 8.10. The minimum absolute atomic E-state index is 0.128. The monoisotopic (exact) mass is 321 g/mol. The van der Waals surface area contributed by atoms with Gasteiger partial charge in [0.05, 0.1) is 12.6 Å². The van der Waals surface area contributed by atoms with Crippen LogP contribution < -0.4 is 0 Å². The number of nitrogens with zero attached hydrogens (tertiary/aromatic N) is 1. The molecule has 1 atom stereocenters. The lowest BCUT2D eigenvalue weighted by atomic mass is 10.1. The molecule has 0 saturated heterocycles. The van der Waals surface area contributed by atoms with Gasteiger partial charge in [-0.3, -0.25) is 4.90 Å². The van der Waals surface area contributed by atoms with Gasteiger partial charge in [-0.1, -0.05) is 85.8 Å². The van der Waals surface area contributed by atoms with E-state index >= 15 is 0 Å². The molecular formula is C22H27NO. The number of hydrogen-bond donors (Lipinski definition) is 1. The molecular weight excluding hydrogens is 294 g/mol. The van der Waals surface area contributed by atoms with Gasteiger partial charge in [0.25, 0.3) is 0 Å². The third kappa shape index (κ3) is 6.20. The van der Waals surface area contributed by atoms with Crippen LogP contribution in [-0.2, 0) is 13.1 Å². The van der Waals surface area contributed by atoms with Gasteiger partial charge in [-0.25, -0.2) is 0 Å². The van der Waals surface area contributed by atoms with E-state index in [2.05, 4.69) is 84.3 Å². The molecule has 0 aliphatic rings. The van der Waals surface area contributed by atoms with Crippen molar-refractivity contribution in [2.75, 3.05) is 6.61 Å². The highest BCUT2D eigenvalue weighted by Gasteiger charge is 2.16. The van der Waals surface area contributed by atoms with Crippen LogP contribution >= 0.6 is 0 Å². The first-order valence-corrected chi connectivity index (χ1v) is 8.74. The molecule has 1 unspecified atom stereocenters. The molecule has 2 heteroatoms. The Balaban J connectivity index is 2.20. The van der Waals surface area contributed by atoms with E-state index in [-0.39, 0.29) is 12.6 Å². The molecule has 126 valence electrons. The normalized spacial score (nSPS) is 11.8. The minimum atomic E-state index is 0.128. The van der Waals surface area contributed by atoms with Crippen molar-refractivity contribution in [3.63, 3.8) is 0 Å². The first kappa shape index (κ1) is 18.3. The summed E-state index contributed by atoms with van der Waals surface area (Å²) in [5, 5.41) is 9.00. The summed E-state index contributed by atoms with van der Waals surface area (Å²) in [5.41, 5.74) is 2.61. The van der Waals surface area contributed by atoms with Crippen LogP contribution in [0.3, 0.4) is 0 Å². The van der Waals surface area contributed by atoms with Crippen LogP contribution in [0.5, 0.6) is 0 Å². The summed E-state index contributed by atoms with van der Waals surface area (Å²) < 4.78 is 0. The Labute approximate surface area is 146 Å². The lowest BCUT2D eigenvalue weighted by molar-refractivity contribution is 0.207. The smallest absolute Gasteiger partial charge is 0.0720 e. The average molecular weight is 321 g/mol. The van der Waals surface area contributed by atoms with E-state index < -0.39 is 0 Å². The molecule has 24 heavy (non-hydrogen) atoms. The van der Waals surface area contributed by atoms with Gasteiger partial charge in [-0.2, -0.15) is 0 Å². The van der Waals surface area contributed by atoms with Crippen molar-refractivity contribution in [3.05, 3.63) is 71.8 Å². The molecule has 0 radical (unpaired) electrons. The molecule has 0 fully saturated rings. The Morgan fingerprint density at radius 2 is 1.46 bits per heavy atom. The van der Waals surface area contributed by atoms with E-state index in [1.807, 2.05) is 0 Å². The standard InChI is InChI=1S/C22H27NO/c1-2-11-22(16-9-10-17-24)23(18-20-12-5-3-6-13-20)19-21-14-7-4-8-15-21/h3-8,12-15,22,24H,2,10-11,17-19H2,1H3. The number of rotatable bonds is 8. The Bertz CT molecular complexity index is 586. The van der Waals surface area contributed by atoms with Gasteiger partial charge in [-0.15, -0.1) is 0 Å². The van der Waals surface area contributed by atoms with Crippen LogP contribution in [0.1, 0.15) is 37.3 Å². The van der Waals surface area contributed by atoms with Gasteiger partial charge in [0.1, 0.15) is 0 Å². The zero-order valence-corrected chi connectivity index (χ0v) is 14.5. The molecule has 0 heterocycles. The van der Waals surface area contributed by atoms with Crippen molar-refractivity contribution >= 4 is 0 Å². The van der Waals surface area contributed by atoms with Gasteiger partial charge in [0, 0.05) is 19.5 Å². The van der Waals surface area contributed by atoms with Crippen molar-refractivity contribution in [1.29, 1.82) is 0 Å². The zero-order chi connectivity index (χ0) is 17.0. The molecule has 1 N–H and O–H groups in total. The van der Waals surface area contributed by atoms with Gasteiger partial charge >= 0.3 is 0 Å². The SMILES string of the molecule is CCCC(C#CCCO)N(Cc1ccccc1)Cc1ccccc1. The predicted octanol–water partition coefficient (Wildman–Crippen LogP) is 4.24. The van der Waals surface area contributed by atoms with E-state index in [1.54, 1.807) is 0 Å². The molecule has 0 aromatic heterocycles. The Morgan fingerprint density at radius 3 is 1.92 bits per heavy atom. The first-order chi connectivity index (χ1) is 11.8. The fraction of sp³-hybridized carbons (Fsp3) is 0.364.